The molecule has 0 saturated carbocycles. The predicted octanol–water partition coefficient (Wildman–Crippen LogP) is 5.08. The Morgan fingerprint density at radius 2 is 1.27 bits per heavy atom. The van der Waals surface area contributed by atoms with Gasteiger partial charge in [-0.1, -0.05) is 68.4 Å². The lowest BCUT2D eigenvalue weighted by atomic mass is 9.74. The highest BCUT2D eigenvalue weighted by atomic mass is 14.9. The summed E-state index contributed by atoms with van der Waals surface area (Å²) in [5.74, 6) is 0. The Labute approximate surface area is 134 Å². The van der Waals surface area contributed by atoms with Crippen LogP contribution in [0.3, 0.4) is 0 Å². The van der Waals surface area contributed by atoms with Gasteiger partial charge in [0, 0.05) is 11.1 Å². The van der Waals surface area contributed by atoms with Crippen LogP contribution in [0.15, 0.2) is 59.6 Å². The second-order valence-corrected chi connectivity index (χ2v) is 7.65. The van der Waals surface area contributed by atoms with Crippen LogP contribution in [-0.4, -0.2) is 11.3 Å². The molecule has 1 aliphatic rings. The van der Waals surface area contributed by atoms with Gasteiger partial charge in [0.25, 0.3) is 0 Å². The van der Waals surface area contributed by atoms with E-state index in [2.05, 4.69) is 82.3 Å². The normalized spacial score (nSPS) is 19.5. The van der Waals surface area contributed by atoms with Crippen LogP contribution in [0.25, 0.3) is 0 Å². The zero-order chi connectivity index (χ0) is 15.8. The number of hydrogen-bond donors (Lipinski definition) is 0. The number of fused-ring (bicyclic) bond motifs is 1. The van der Waals surface area contributed by atoms with Gasteiger partial charge in [0.15, 0.2) is 0 Å². The maximum Gasteiger partial charge on any atom is 0.0596 e. The van der Waals surface area contributed by atoms with Gasteiger partial charge in [-0.2, -0.15) is 0 Å². The van der Waals surface area contributed by atoms with Crippen LogP contribution in [0.2, 0.25) is 0 Å². The monoisotopic (exact) mass is 291 g/mol. The third kappa shape index (κ3) is 2.99. The molecule has 3 rings (SSSR count). The molecule has 0 bridgehead atoms. The molecule has 0 N–H and O–H groups in total. The van der Waals surface area contributed by atoms with Crippen LogP contribution in [0.5, 0.6) is 0 Å². The topological polar surface area (TPSA) is 12.4 Å². The summed E-state index contributed by atoms with van der Waals surface area (Å²) in [4.78, 5) is 5.21. The summed E-state index contributed by atoms with van der Waals surface area (Å²) in [6, 6.07) is 19.5. The van der Waals surface area contributed by atoms with E-state index >= 15 is 0 Å². The second-order valence-electron chi connectivity index (χ2n) is 7.65. The summed E-state index contributed by atoms with van der Waals surface area (Å²) in [7, 11) is 0. The van der Waals surface area contributed by atoms with Crippen LogP contribution < -0.4 is 0 Å². The lowest BCUT2D eigenvalue weighted by Gasteiger charge is -2.35. The van der Waals surface area contributed by atoms with Gasteiger partial charge in [-0.3, -0.25) is 4.99 Å². The average Bonchev–Trinajstić information content (AvgIpc) is 2.46. The number of aliphatic imine (C=N–C) groups is 1. The van der Waals surface area contributed by atoms with Gasteiger partial charge < -0.3 is 0 Å². The van der Waals surface area contributed by atoms with Crippen molar-refractivity contribution in [3.8, 4) is 0 Å². The maximum atomic E-state index is 5.21. The first-order valence-electron chi connectivity index (χ1n) is 8.10. The lowest BCUT2D eigenvalue weighted by molar-refractivity contribution is 0.459. The Bertz CT molecular complexity index is 693. The zero-order valence-electron chi connectivity index (χ0n) is 14.1. The highest BCUT2D eigenvalue weighted by Crippen LogP contribution is 2.34. The smallest absolute Gasteiger partial charge is 0.0596 e. The number of hydrogen-bond acceptors (Lipinski definition) is 1. The molecule has 0 unspecified atom stereocenters. The minimum absolute atomic E-state index is 0.0230. The highest BCUT2D eigenvalue weighted by molar-refractivity contribution is 6.04. The third-order valence-corrected chi connectivity index (χ3v) is 4.48. The molecule has 1 heteroatoms. The van der Waals surface area contributed by atoms with Gasteiger partial charge in [0.05, 0.1) is 5.54 Å². The summed E-state index contributed by atoms with van der Waals surface area (Å²) in [6.07, 6.45) is 2.03. The van der Waals surface area contributed by atoms with Crippen molar-refractivity contribution in [1.82, 2.24) is 0 Å². The fourth-order valence-electron chi connectivity index (χ4n) is 3.47. The van der Waals surface area contributed by atoms with Crippen LogP contribution >= 0.6 is 0 Å². The first kappa shape index (κ1) is 15.0. The average molecular weight is 291 g/mol. The number of nitrogens with zero attached hydrogens (tertiary/aromatic N) is 1. The molecule has 22 heavy (non-hydrogen) atoms. The van der Waals surface area contributed by atoms with Gasteiger partial charge in [-0.25, -0.2) is 0 Å². The molecule has 0 spiro atoms. The Morgan fingerprint density at radius 1 is 0.727 bits per heavy atom. The zero-order valence-corrected chi connectivity index (χ0v) is 14.1. The molecule has 0 atom stereocenters. The summed E-state index contributed by atoms with van der Waals surface area (Å²) in [6.45, 7) is 9.12. The van der Waals surface area contributed by atoms with Crippen molar-refractivity contribution in [1.29, 1.82) is 0 Å². The molecule has 0 saturated heterocycles. The molecule has 0 amide bonds. The number of benzene rings is 2. The molecule has 1 heterocycles. The first-order valence-corrected chi connectivity index (χ1v) is 8.10. The van der Waals surface area contributed by atoms with Gasteiger partial charge >= 0.3 is 0 Å². The molecule has 114 valence electrons. The van der Waals surface area contributed by atoms with E-state index in [9.17, 15) is 0 Å². The molecular weight excluding hydrogens is 266 g/mol. The molecule has 1 aliphatic heterocycles. The molecule has 0 radical (unpaired) electrons. The lowest BCUT2D eigenvalue weighted by Crippen LogP contribution is -2.35. The van der Waals surface area contributed by atoms with E-state index < -0.39 is 0 Å². The van der Waals surface area contributed by atoms with E-state index in [-0.39, 0.29) is 11.0 Å². The molecule has 0 fully saturated rings. The third-order valence-electron chi connectivity index (χ3n) is 4.48. The largest absolute Gasteiger partial charge is 0.282 e. The van der Waals surface area contributed by atoms with Crippen molar-refractivity contribution in [2.45, 2.75) is 46.1 Å². The summed E-state index contributed by atoms with van der Waals surface area (Å²) < 4.78 is 0. The maximum absolute atomic E-state index is 5.21. The highest BCUT2D eigenvalue weighted by Gasteiger charge is 2.33. The summed E-state index contributed by atoms with van der Waals surface area (Å²) in [5, 5.41) is 0. The standard InChI is InChI=1S/C21H25N/c1-20(2)14-17-12-8-9-13-18(17)15-21(3,4)22-19(20)16-10-6-5-7-11-16/h5-13H,14-15H2,1-4H3. The Morgan fingerprint density at radius 3 is 1.91 bits per heavy atom. The van der Waals surface area contributed by atoms with E-state index in [0.717, 1.165) is 12.8 Å². The first-order chi connectivity index (χ1) is 10.4. The van der Waals surface area contributed by atoms with Crippen LogP contribution in [0.4, 0.5) is 0 Å². The van der Waals surface area contributed by atoms with Crippen molar-refractivity contribution in [3.63, 3.8) is 0 Å². The second kappa shape index (κ2) is 5.39. The van der Waals surface area contributed by atoms with E-state index in [1.165, 1.54) is 22.4 Å². The van der Waals surface area contributed by atoms with E-state index in [1.807, 2.05) is 0 Å². The van der Waals surface area contributed by atoms with Crippen LogP contribution in [0.1, 0.15) is 44.4 Å². The van der Waals surface area contributed by atoms with Gasteiger partial charge in [-0.15, -0.1) is 0 Å². The van der Waals surface area contributed by atoms with E-state index in [1.54, 1.807) is 0 Å². The van der Waals surface area contributed by atoms with Crippen molar-refractivity contribution >= 4 is 5.71 Å². The number of rotatable bonds is 1. The Kier molecular flexibility index (Phi) is 3.68. The molecule has 0 aliphatic carbocycles. The molecular formula is C21H25N. The Hall–Kier alpha value is -1.89. The van der Waals surface area contributed by atoms with Crippen molar-refractivity contribution < 1.29 is 0 Å². The SMILES string of the molecule is CC1(C)Cc2ccccc2CC(C)(C)C(c2ccccc2)=N1. The summed E-state index contributed by atoms with van der Waals surface area (Å²) >= 11 is 0. The van der Waals surface area contributed by atoms with Crippen LogP contribution in [-0.2, 0) is 12.8 Å². The van der Waals surface area contributed by atoms with Crippen molar-refractivity contribution in [3.05, 3.63) is 71.3 Å². The van der Waals surface area contributed by atoms with E-state index in [0.29, 0.717) is 0 Å². The summed E-state index contributed by atoms with van der Waals surface area (Å²) in [5.41, 5.74) is 5.32. The van der Waals surface area contributed by atoms with Crippen molar-refractivity contribution in [2.75, 3.05) is 0 Å². The van der Waals surface area contributed by atoms with Gasteiger partial charge in [-0.05, 0) is 43.4 Å². The fourth-order valence-corrected chi connectivity index (χ4v) is 3.47. The Balaban J connectivity index is 2.15. The minimum Gasteiger partial charge on any atom is -0.282 e. The quantitative estimate of drug-likeness (QED) is 0.695. The molecule has 0 aromatic heterocycles. The predicted molar refractivity (Wildman–Crippen MR) is 94.7 cm³/mol. The molecule has 1 nitrogen and oxygen atoms in total. The van der Waals surface area contributed by atoms with Crippen LogP contribution in [0, 0.1) is 5.41 Å². The molecule has 2 aromatic rings. The molecule has 2 aromatic carbocycles. The van der Waals surface area contributed by atoms with E-state index in [4.69, 9.17) is 4.99 Å². The fraction of sp³-hybridized carbons (Fsp3) is 0.381. The minimum atomic E-state index is -0.0844. The van der Waals surface area contributed by atoms with Gasteiger partial charge in [0.1, 0.15) is 0 Å². The van der Waals surface area contributed by atoms with Gasteiger partial charge in [0.2, 0.25) is 0 Å². The van der Waals surface area contributed by atoms with Crippen molar-refractivity contribution in [2.24, 2.45) is 10.4 Å².